The van der Waals surface area contributed by atoms with Crippen molar-refractivity contribution >= 4 is 5.82 Å². The van der Waals surface area contributed by atoms with Crippen molar-refractivity contribution in [3.63, 3.8) is 0 Å². The molecule has 0 aliphatic rings. The Morgan fingerprint density at radius 2 is 1.85 bits per heavy atom. The third-order valence-corrected chi connectivity index (χ3v) is 2.36. The van der Waals surface area contributed by atoms with E-state index < -0.39 is 6.36 Å². The Balaban J connectivity index is 2.19. The molecule has 106 valence electrons. The second kappa shape index (κ2) is 5.77. The third kappa shape index (κ3) is 3.84. The number of nitrogens with zero attached hydrogens (tertiary/aromatic N) is 2. The van der Waals surface area contributed by atoms with Gasteiger partial charge < -0.3 is 10.1 Å². The molecule has 0 aliphatic heterocycles. The molecular weight excluding hydrogens is 271 g/mol. The van der Waals surface area contributed by atoms with Gasteiger partial charge in [-0.3, -0.25) is 0 Å². The molecule has 0 unspecified atom stereocenters. The first-order chi connectivity index (χ1) is 9.48. The smallest absolute Gasteiger partial charge is 0.406 e. The maximum atomic E-state index is 12.0. The van der Waals surface area contributed by atoms with Gasteiger partial charge in [-0.2, -0.15) is 0 Å². The summed E-state index contributed by atoms with van der Waals surface area (Å²) in [4.78, 5) is 8.33. The van der Waals surface area contributed by atoms with Crippen LogP contribution in [-0.2, 0) is 0 Å². The fourth-order valence-corrected chi connectivity index (χ4v) is 1.58. The lowest BCUT2D eigenvalue weighted by Gasteiger charge is -2.09. The summed E-state index contributed by atoms with van der Waals surface area (Å²) in [5.41, 5.74) is 0.610. The summed E-state index contributed by atoms with van der Waals surface area (Å²) < 4.78 is 39.9. The van der Waals surface area contributed by atoms with E-state index in [0.29, 0.717) is 17.2 Å². The number of anilines is 1. The first kappa shape index (κ1) is 14.1. The SMILES string of the molecule is CCNc1ccnc(-c2ccc(OC(F)(F)F)cc2)n1. The highest BCUT2D eigenvalue weighted by Gasteiger charge is 2.30. The zero-order chi connectivity index (χ0) is 14.6. The molecule has 0 spiro atoms. The van der Waals surface area contributed by atoms with Crippen LogP contribution in [0.3, 0.4) is 0 Å². The minimum atomic E-state index is -4.69. The standard InChI is InChI=1S/C13H12F3N3O/c1-2-17-11-7-8-18-12(19-11)9-3-5-10(6-4-9)20-13(14,15)16/h3-8H,2H2,1H3,(H,17,18,19). The third-order valence-electron chi connectivity index (χ3n) is 2.36. The van der Waals surface area contributed by atoms with Crippen LogP contribution in [0, 0.1) is 0 Å². The molecule has 1 N–H and O–H groups in total. The molecule has 1 aromatic heterocycles. The summed E-state index contributed by atoms with van der Waals surface area (Å²) in [5.74, 6) is 0.819. The summed E-state index contributed by atoms with van der Waals surface area (Å²) in [6, 6.07) is 7.13. The van der Waals surface area contributed by atoms with E-state index in [-0.39, 0.29) is 5.75 Å². The molecule has 0 fully saturated rings. The van der Waals surface area contributed by atoms with Crippen molar-refractivity contribution in [2.75, 3.05) is 11.9 Å². The van der Waals surface area contributed by atoms with E-state index in [2.05, 4.69) is 20.0 Å². The highest BCUT2D eigenvalue weighted by molar-refractivity contribution is 5.57. The molecular formula is C13H12F3N3O. The largest absolute Gasteiger partial charge is 0.573 e. The second-order valence-electron chi connectivity index (χ2n) is 3.87. The Morgan fingerprint density at radius 3 is 2.45 bits per heavy atom. The minimum absolute atomic E-state index is 0.274. The van der Waals surface area contributed by atoms with Gasteiger partial charge in [0.25, 0.3) is 0 Å². The number of nitrogens with one attached hydrogen (secondary N) is 1. The van der Waals surface area contributed by atoms with Crippen LogP contribution in [0.25, 0.3) is 11.4 Å². The fraction of sp³-hybridized carbons (Fsp3) is 0.231. The van der Waals surface area contributed by atoms with Gasteiger partial charge >= 0.3 is 6.36 Å². The van der Waals surface area contributed by atoms with Crippen LogP contribution in [0.5, 0.6) is 5.75 Å². The molecule has 0 atom stereocenters. The zero-order valence-electron chi connectivity index (χ0n) is 10.6. The van der Waals surface area contributed by atoms with Crippen molar-refractivity contribution in [3.8, 4) is 17.1 Å². The van der Waals surface area contributed by atoms with E-state index in [1.165, 1.54) is 24.3 Å². The molecule has 2 rings (SSSR count). The number of benzene rings is 1. The van der Waals surface area contributed by atoms with Crippen molar-refractivity contribution < 1.29 is 17.9 Å². The Labute approximate surface area is 113 Å². The van der Waals surface area contributed by atoms with Crippen molar-refractivity contribution in [2.45, 2.75) is 13.3 Å². The average Bonchev–Trinajstić information content (AvgIpc) is 2.38. The quantitative estimate of drug-likeness (QED) is 0.933. The van der Waals surface area contributed by atoms with E-state index in [4.69, 9.17) is 0 Å². The molecule has 20 heavy (non-hydrogen) atoms. The summed E-state index contributed by atoms with van der Waals surface area (Å²) >= 11 is 0. The Morgan fingerprint density at radius 1 is 1.15 bits per heavy atom. The molecule has 0 bridgehead atoms. The Hall–Kier alpha value is -2.31. The van der Waals surface area contributed by atoms with Crippen molar-refractivity contribution in [3.05, 3.63) is 36.5 Å². The lowest BCUT2D eigenvalue weighted by atomic mass is 10.2. The van der Waals surface area contributed by atoms with Gasteiger partial charge in [0.05, 0.1) is 0 Å². The number of ether oxygens (including phenoxy) is 1. The van der Waals surface area contributed by atoms with Crippen LogP contribution in [-0.4, -0.2) is 22.9 Å². The molecule has 1 heterocycles. The summed E-state index contributed by atoms with van der Waals surface area (Å²) in [6.07, 6.45) is -3.11. The molecule has 0 radical (unpaired) electrons. The van der Waals surface area contributed by atoms with E-state index in [1.54, 1.807) is 12.3 Å². The summed E-state index contributed by atoms with van der Waals surface area (Å²) in [7, 11) is 0. The molecule has 4 nitrogen and oxygen atoms in total. The van der Waals surface area contributed by atoms with E-state index >= 15 is 0 Å². The van der Waals surface area contributed by atoms with Crippen LogP contribution < -0.4 is 10.1 Å². The van der Waals surface area contributed by atoms with E-state index in [9.17, 15) is 13.2 Å². The zero-order valence-corrected chi connectivity index (χ0v) is 10.6. The number of rotatable bonds is 4. The first-order valence-corrected chi connectivity index (χ1v) is 5.91. The van der Waals surface area contributed by atoms with Crippen LogP contribution in [0.15, 0.2) is 36.5 Å². The van der Waals surface area contributed by atoms with Gasteiger partial charge in [-0.15, -0.1) is 13.2 Å². The number of alkyl halides is 3. The van der Waals surface area contributed by atoms with Gasteiger partial charge in [-0.05, 0) is 37.3 Å². The molecule has 2 aromatic rings. The number of hydrogen-bond donors (Lipinski definition) is 1. The molecule has 7 heteroatoms. The van der Waals surface area contributed by atoms with Crippen molar-refractivity contribution in [1.29, 1.82) is 0 Å². The predicted octanol–water partition coefficient (Wildman–Crippen LogP) is 3.47. The van der Waals surface area contributed by atoms with Gasteiger partial charge in [0.2, 0.25) is 0 Å². The summed E-state index contributed by atoms with van der Waals surface area (Å²) in [5, 5.41) is 3.04. The first-order valence-electron chi connectivity index (χ1n) is 5.91. The Kier molecular flexibility index (Phi) is 4.07. The lowest BCUT2D eigenvalue weighted by molar-refractivity contribution is -0.274. The maximum Gasteiger partial charge on any atom is 0.573 e. The molecule has 0 saturated heterocycles. The molecule has 1 aromatic carbocycles. The lowest BCUT2D eigenvalue weighted by Crippen LogP contribution is -2.16. The summed E-state index contributed by atoms with van der Waals surface area (Å²) in [6.45, 7) is 2.65. The van der Waals surface area contributed by atoms with Gasteiger partial charge in [0, 0.05) is 18.3 Å². The van der Waals surface area contributed by atoms with Crippen LogP contribution in [0.1, 0.15) is 6.92 Å². The second-order valence-corrected chi connectivity index (χ2v) is 3.87. The van der Waals surface area contributed by atoms with Crippen LogP contribution in [0.2, 0.25) is 0 Å². The van der Waals surface area contributed by atoms with Crippen LogP contribution >= 0.6 is 0 Å². The number of hydrogen-bond acceptors (Lipinski definition) is 4. The fourth-order valence-electron chi connectivity index (χ4n) is 1.58. The highest BCUT2D eigenvalue weighted by Crippen LogP contribution is 2.25. The van der Waals surface area contributed by atoms with Crippen molar-refractivity contribution in [1.82, 2.24) is 9.97 Å². The Bertz CT molecular complexity index is 570. The monoisotopic (exact) mass is 283 g/mol. The van der Waals surface area contributed by atoms with Gasteiger partial charge in [-0.1, -0.05) is 0 Å². The van der Waals surface area contributed by atoms with Gasteiger partial charge in [0.1, 0.15) is 11.6 Å². The topological polar surface area (TPSA) is 47.0 Å². The number of halogens is 3. The van der Waals surface area contributed by atoms with Gasteiger partial charge in [0.15, 0.2) is 5.82 Å². The molecule has 0 aliphatic carbocycles. The maximum absolute atomic E-state index is 12.0. The minimum Gasteiger partial charge on any atom is -0.406 e. The average molecular weight is 283 g/mol. The highest BCUT2D eigenvalue weighted by atomic mass is 19.4. The predicted molar refractivity (Wildman–Crippen MR) is 68.3 cm³/mol. The van der Waals surface area contributed by atoms with Gasteiger partial charge in [-0.25, -0.2) is 9.97 Å². The molecule has 0 amide bonds. The molecule has 0 saturated carbocycles. The number of aromatic nitrogens is 2. The van der Waals surface area contributed by atoms with E-state index in [1.807, 2.05) is 6.92 Å². The normalized spacial score (nSPS) is 11.2. The van der Waals surface area contributed by atoms with Crippen molar-refractivity contribution in [2.24, 2.45) is 0 Å². The van der Waals surface area contributed by atoms with Crippen LogP contribution in [0.4, 0.5) is 19.0 Å². The van der Waals surface area contributed by atoms with E-state index in [0.717, 1.165) is 6.54 Å².